The molecule has 0 atom stereocenters. The molecule has 4 nitrogen and oxygen atoms in total. The van der Waals surface area contributed by atoms with Gasteiger partial charge in [-0.15, -0.1) is 10.2 Å². The number of hydrogen-bond acceptors (Lipinski definition) is 4. The van der Waals surface area contributed by atoms with Crippen LogP contribution in [0.5, 0.6) is 0 Å². The highest BCUT2D eigenvalue weighted by molar-refractivity contribution is 7.98. The fourth-order valence-electron chi connectivity index (χ4n) is 3.01. The molecule has 0 saturated carbocycles. The smallest absolute Gasteiger partial charge is 0.191 e. The van der Waals surface area contributed by atoms with Crippen molar-refractivity contribution in [3.05, 3.63) is 72.6 Å². The second-order valence-corrected chi connectivity index (χ2v) is 7.11. The number of aromatic nitrogens is 4. The topological polar surface area (TPSA) is 43.6 Å². The van der Waals surface area contributed by atoms with E-state index in [-0.39, 0.29) is 0 Å². The van der Waals surface area contributed by atoms with Crippen LogP contribution in [0.2, 0.25) is 0 Å². The first-order valence-electron chi connectivity index (χ1n) is 8.79. The lowest BCUT2D eigenvalue weighted by molar-refractivity contribution is 0.626. The molecule has 0 unspecified atom stereocenters. The summed E-state index contributed by atoms with van der Waals surface area (Å²) < 4.78 is 2.21. The van der Waals surface area contributed by atoms with E-state index in [9.17, 15) is 0 Å². The molecule has 2 aromatic heterocycles. The van der Waals surface area contributed by atoms with E-state index in [0.29, 0.717) is 0 Å². The van der Waals surface area contributed by atoms with E-state index < -0.39 is 0 Å². The molecule has 4 rings (SSSR count). The van der Waals surface area contributed by atoms with Gasteiger partial charge in [-0.1, -0.05) is 61.2 Å². The fraction of sp³-hybridized carbons (Fsp3) is 0.190. The van der Waals surface area contributed by atoms with Gasteiger partial charge in [-0.2, -0.15) is 0 Å². The maximum Gasteiger partial charge on any atom is 0.191 e. The van der Waals surface area contributed by atoms with Gasteiger partial charge in [-0.3, -0.25) is 4.98 Å². The van der Waals surface area contributed by atoms with Crippen molar-refractivity contribution in [1.82, 2.24) is 19.7 Å². The second kappa shape index (κ2) is 7.70. The first-order valence-corrected chi connectivity index (χ1v) is 9.78. The molecular weight excluding hydrogens is 340 g/mol. The summed E-state index contributed by atoms with van der Waals surface area (Å²) in [5.74, 6) is 1.79. The standard InChI is InChI=1S/C21H20N4S/c1-2-13-25-20(18-9-11-22-12-10-18)23-24-21(25)26-15-16-7-8-17-5-3-4-6-19(17)14-16/h3-12,14H,2,13,15H2,1H3. The van der Waals surface area contributed by atoms with Crippen molar-refractivity contribution >= 4 is 22.5 Å². The number of thioether (sulfide) groups is 1. The number of benzene rings is 2. The lowest BCUT2D eigenvalue weighted by Gasteiger charge is -2.09. The van der Waals surface area contributed by atoms with E-state index in [4.69, 9.17) is 0 Å². The highest BCUT2D eigenvalue weighted by Crippen LogP contribution is 2.27. The molecule has 0 bridgehead atoms. The van der Waals surface area contributed by atoms with Crippen LogP contribution in [0.4, 0.5) is 0 Å². The molecule has 0 saturated heterocycles. The minimum atomic E-state index is 0.878. The zero-order valence-corrected chi connectivity index (χ0v) is 15.5. The van der Waals surface area contributed by atoms with Gasteiger partial charge in [0.15, 0.2) is 11.0 Å². The van der Waals surface area contributed by atoms with Crippen LogP contribution < -0.4 is 0 Å². The third-order valence-corrected chi connectivity index (χ3v) is 5.32. The van der Waals surface area contributed by atoms with Gasteiger partial charge in [0, 0.05) is 30.3 Å². The van der Waals surface area contributed by atoms with Crippen molar-refractivity contribution in [2.24, 2.45) is 0 Å². The molecule has 0 aliphatic carbocycles. The van der Waals surface area contributed by atoms with Crippen LogP contribution in [0.3, 0.4) is 0 Å². The molecule has 2 aromatic carbocycles. The summed E-state index contributed by atoms with van der Waals surface area (Å²) in [5, 5.41) is 12.4. The van der Waals surface area contributed by atoms with Crippen LogP contribution in [-0.4, -0.2) is 19.7 Å². The number of nitrogens with zero attached hydrogens (tertiary/aromatic N) is 4. The van der Waals surface area contributed by atoms with E-state index in [1.54, 1.807) is 24.2 Å². The Kier molecular flexibility index (Phi) is 4.97. The summed E-state index contributed by atoms with van der Waals surface area (Å²) in [6, 6.07) is 19.1. The average molecular weight is 360 g/mol. The van der Waals surface area contributed by atoms with Gasteiger partial charge in [-0.05, 0) is 34.9 Å². The SMILES string of the molecule is CCCn1c(SCc2ccc3ccccc3c2)nnc1-c1ccncc1. The van der Waals surface area contributed by atoms with E-state index >= 15 is 0 Å². The molecule has 0 radical (unpaired) electrons. The molecule has 4 aromatic rings. The van der Waals surface area contributed by atoms with Crippen LogP contribution in [-0.2, 0) is 12.3 Å². The molecular formula is C21H20N4S. The Morgan fingerprint density at radius 1 is 0.923 bits per heavy atom. The third kappa shape index (κ3) is 3.48. The van der Waals surface area contributed by atoms with Gasteiger partial charge in [0.2, 0.25) is 0 Å². The van der Waals surface area contributed by atoms with Crippen molar-refractivity contribution < 1.29 is 0 Å². The highest BCUT2D eigenvalue weighted by atomic mass is 32.2. The van der Waals surface area contributed by atoms with Crippen molar-refractivity contribution in [3.63, 3.8) is 0 Å². The molecule has 0 aliphatic rings. The first-order chi connectivity index (χ1) is 12.8. The summed E-state index contributed by atoms with van der Waals surface area (Å²) in [4.78, 5) is 4.09. The minimum Gasteiger partial charge on any atom is -0.302 e. The zero-order valence-electron chi connectivity index (χ0n) is 14.7. The Bertz CT molecular complexity index is 1010. The molecule has 130 valence electrons. The van der Waals surface area contributed by atoms with Gasteiger partial charge in [-0.25, -0.2) is 0 Å². The summed E-state index contributed by atoms with van der Waals surface area (Å²) in [6.07, 6.45) is 4.63. The number of pyridine rings is 1. The quantitative estimate of drug-likeness (QED) is 0.444. The molecule has 0 fully saturated rings. The van der Waals surface area contributed by atoms with Gasteiger partial charge in [0.25, 0.3) is 0 Å². The Balaban J connectivity index is 1.58. The van der Waals surface area contributed by atoms with Gasteiger partial charge in [0.05, 0.1) is 0 Å². The molecule has 5 heteroatoms. The average Bonchev–Trinajstić information content (AvgIpc) is 3.10. The summed E-state index contributed by atoms with van der Waals surface area (Å²) in [5.41, 5.74) is 2.35. The predicted molar refractivity (Wildman–Crippen MR) is 107 cm³/mol. The third-order valence-electron chi connectivity index (χ3n) is 4.28. The fourth-order valence-corrected chi connectivity index (χ4v) is 3.92. The Morgan fingerprint density at radius 3 is 2.54 bits per heavy atom. The van der Waals surface area contributed by atoms with Crippen molar-refractivity contribution in [2.75, 3.05) is 0 Å². The summed E-state index contributed by atoms with van der Waals surface area (Å²) >= 11 is 1.74. The predicted octanol–water partition coefficient (Wildman–Crippen LogP) is 5.20. The van der Waals surface area contributed by atoms with E-state index in [1.807, 2.05) is 12.1 Å². The second-order valence-electron chi connectivity index (χ2n) is 6.16. The van der Waals surface area contributed by atoms with Crippen LogP contribution in [0.1, 0.15) is 18.9 Å². The number of fused-ring (bicyclic) bond motifs is 1. The number of rotatable bonds is 6. The lowest BCUT2D eigenvalue weighted by Crippen LogP contribution is -2.02. The van der Waals surface area contributed by atoms with Crippen molar-refractivity contribution in [2.45, 2.75) is 30.8 Å². The molecule has 0 amide bonds. The Morgan fingerprint density at radius 2 is 1.73 bits per heavy atom. The minimum absolute atomic E-state index is 0.878. The summed E-state index contributed by atoms with van der Waals surface area (Å²) in [7, 11) is 0. The van der Waals surface area contributed by atoms with Gasteiger partial charge < -0.3 is 4.57 Å². The maximum absolute atomic E-state index is 4.44. The highest BCUT2D eigenvalue weighted by Gasteiger charge is 2.13. The van der Waals surface area contributed by atoms with Crippen LogP contribution in [0.25, 0.3) is 22.2 Å². The van der Waals surface area contributed by atoms with E-state index in [0.717, 1.165) is 35.3 Å². The molecule has 26 heavy (non-hydrogen) atoms. The largest absolute Gasteiger partial charge is 0.302 e. The molecule has 0 spiro atoms. The molecule has 0 N–H and O–H groups in total. The summed E-state index contributed by atoms with van der Waals surface area (Å²) in [6.45, 7) is 3.08. The Hall–Kier alpha value is -2.66. The number of hydrogen-bond donors (Lipinski definition) is 0. The van der Waals surface area contributed by atoms with Crippen LogP contribution in [0.15, 0.2) is 72.1 Å². The van der Waals surface area contributed by atoms with E-state index in [1.165, 1.54) is 16.3 Å². The first kappa shape index (κ1) is 16.8. The lowest BCUT2D eigenvalue weighted by atomic mass is 10.1. The molecule has 2 heterocycles. The Labute approximate surface area is 157 Å². The monoisotopic (exact) mass is 360 g/mol. The van der Waals surface area contributed by atoms with Crippen molar-refractivity contribution in [3.8, 4) is 11.4 Å². The van der Waals surface area contributed by atoms with Gasteiger partial charge >= 0.3 is 0 Å². The van der Waals surface area contributed by atoms with Crippen LogP contribution in [0, 0.1) is 0 Å². The van der Waals surface area contributed by atoms with E-state index in [2.05, 4.69) is 69.1 Å². The van der Waals surface area contributed by atoms with Crippen molar-refractivity contribution in [1.29, 1.82) is 0 Å². The zero-order chi connectivity index (χ0) is 17.8. The molecule has 0 aliphatic heterocycles. The van der Waals surface area contributed by atoms with Crippen LogP contribution >= 0.6 is 11.8 Å². The normalized spacial score (nSPS) is 11.1. The maximum atomic E-state index is 4.44. The van der Waals surface area contributed by atoms with Gasteiger partial charge in [0.1, 0.15) is 0 Å².